The van der Waals surface area contributed by atoms with Crippen LogP contribution in [-0.4, -0.2) is 28.1 Å². The zero-order valence-corrected chi connectivity index (χ0v) is 13.7. The van der Waals surface area contributed by atoms with Gasteiger partial charge in [0, 0.05) is 12.5 Å². The molecule has 0 aromatic carbocycles. The van der Waals surface area contributed by atoms with Gasteiger partial charge in [0.2, 0.25) is 0 Å². The standard InChI is InChI=1S/C16H26N2OS/c1-11-5-4-8-18(9-11)10-13-17-14(12-6-7-12)15(20-13)16(2,3)19/h11-12,19H,4-10H2,1-3H3. The molecule has 4 heteroatoms. The van der Waals surface area contributed by atoms with Gasteiger partial charge in [0.1, 0.15) is 5.01 Å². The number of likely N-dealkylation sites (tertiary alicyclic amines) is 1. The van der Waals surface area contributed by atoms with Crippen LogP contribution in [0.1, 0.15) is 68.0 Å². The van der Waals surface area contributed by atoms with Gasteiger partial charge in [-0.3, -0.25) is 4.90 Å². The van der Waals surface area contributed by atoms with Gasteiger partial charge < -0.3 is 5.11 Å². The van der Waals surface area contributed by atoms with E-state index in [4.69, 9.17) is 4.98 Å². The Labute approximate surface area is 126 Å². The first kappa shape index (κ1) is 14.5. The Bertz CT molecular complexity index is 473. The molecule has 1 aromatic heterocycles. The van der Waals surface area contributed by atoms with Crippen molar-refractivity contribution < 1.29 is 5.11 Å². The molecule has 1 aliphatic carbocycles. The maximum Gasteiger partial charge on any atom is 0.107 e. The second-order valence-electron chi connectivity index (χ2n) is 7.14. The fourth-order valence-corrected chi connectivity index (χ4v) is 4.33. The molecule has 1 aromatic rings. The molecule has 2 aliphatic rings. The van der Waals surface area contributed by atoms with Crippen LogP contribution in [0.2, 0.25) is 0 Å². The van der Waals surface area contributed by atoms with E-state index in [0.717, 1.165) is 17.3 Å². The third-order valence-corrected chi connectivity index (χ3v) is 5.69. The summed E-state index contributed by atoms with van der Waals surface area (Å²) in [6.07, 6.45) is 5.15. The zero-order valence-electron chi connectivity index (χ0n) is 12.9. The Kier molecular flexibility index (Phi) is 3.91. The van der Waals surface area contributed by atoms with Gasteiger partial charge in [-0.05, 0) is 52.0 Å². The van der Waals surface area contributed by atoms with Crippen LogP contribution in [0.15, 0.2) is 0 Å². The molecule has 3 nitrogen and oxygen atoms in total. The second-order valence-corrected chi connectivity index (χ2v) is 8.22. The van der Waals surface area contributed by atoms with Crippen molar-refractivity contribution in [3.63, 3.8) is 0 Å². The van der Waals surface area contributed by atoms with Crippen LogP contribution in [0.4, 0.5) is 0 Å². The highest BCUT2D eigenvalue weighted by Crippen LogP contribution is 2.45. The first-order valence-corrected chi connectivity index (χ1v) is 8.70. The predicted molar refractivity (Wildman–Crippen MR) is 83.0 cm³/mol. The molecule has 1 N–H and O–H groups in total. The molecule has 20 heavy (non-hydrogen) atoms. The fraction of sp³-hybridized carbons (Fsp3) is 0.812. The normalized spacial score (nSPS) is 25.1. The van der Waals surface area contributed by atoms with E-state index in [0.29, 0.717) is 5.92 Å². The van der Waals surface area contributed by atoms with Gasteiger partial charge >= 0.3 is 0 Å². The van der Waals surface area contributed by atoms with Crippen LogP contribution < -0.4 is 0 Å². The van der Waals surface area contributed by atoms with E-state index in [-0.39, 0.29) is 0 Å². The first-order valence-electron chi connectivity index (χ1n) is 7.88. The lowest BCUT2D eigenvalue weighted by Crippen LogP contribution is -2.33. The zero-order chi connectivity index (χ0) is 14.3. The van der Waals surface area contributed by atoms with E-state index in [2.05, 4.69) is 11.8 Å². The Morgan fingerprint density at radius 3 is 2.70 bits per heavy atom. The van der Waals surface area contributed by atoms with Gasteiger partial charge in [0.15, 0.2) is 0 Å². The average Bonchev–Trinajstić information content (AvgIpc) is 3.10. The minimum atomic E-state index is -0.747. The van der Waals surface area contributed by atoms with Crippen molar-refractivity contribution in [1.82, 2.24) is 9.88 Å². The van der Waals surface area contributed by atoms with Crippen LogP contribution in [-0.2, 0) is 12.1 Å². The molecule has 0 bridgehead atoms. The lowest BCUT2D eigenvalue weighted by atomic mass is 10.0. The van der Waals surface area contributed by atoms with Gasteiger partial charge in [-0.15, -0.1) is 11.3 Å². The van der Waals surface area contributed by atoms with E-state index in [1.54, 1.807) is 11.3 Å². The number of hydrogen-bond acceptors (Lipinski definition) is 4. The van der Waals surface area contributed by atoms with Gasteiger partial charge in [0.25, 0.3) is 0 Å². The first-order chi connectivity index (χ1) is 9.43. The molecule has 0 spiro atoms. The van der Waals surface area contributed by atoms with Crippen LogP contribution in [0.3, 0.4) is 0 Å². The Balaban J connectivity index is 1.76. The SMILES string of the molecule is CC1CCCN(Cc2nc(C3CC3)c(C(C)(C)O)s2)C1. The van der Waals surface area contributed by atoms with Gasteiger partial charge in [0.05, 0.1) is 22.7 Å². The van der Waals surface area contributed by atoms with E-state index >= 15 is 0 Å². The third-order valence-electron chi connectivity index (χ3n) is 4.32. The minimum absolute atomic E-state index is 0.613. The molecular weight excluding hydrogens is 268 g/mol. The quantitative estimate of drug-likeness (QED) is 0.923. The summed E-state index contributed by atoms with van der Waals surface area (Å²) in [7, 11) is 0. The maximum absolute atomic E-state index is 10.4. The lowest BCUT2D eigenvalue weighted by Gasteiger charge is -2.29. The van der Waals surface area contributed by atoms with Crippen LogP contribution in [0.25, 0.3) is 0 Å². The van der Waals surface area contributed by atoms with Crippen molar-refractivity contribution in [3.8, 4) is 0 Å². The summed E-state index contributed by atoms with van der Waals surface area (Å²) in [5, 5.41) is 11.6. The van der Waals surface area contributed by atoms with Gasteiger partial charge in [-0.25, -0.2) is 4.98 Å². The highest BCUT2D eigenvalue weighted by molar-refractivity contribution is 7.11. The van der Waals surface area contributed by atoms with Gasteiger partial charge in [-0.1, -0.05) is 6.92 Å². The molecule has 1 saturated heterocycles. The van der Waals surface area contributed by atoms with Crippen molar-refractivity contribution in [2.45, 2.75) is 64.5 Å². The molecule has 1 aliphatic heterocycles. The predicted octanol–water partition coefficient (Wildman–Crippen LogP) is 3.48. The number of thiazole rings is 1. The number of aromatic nitrogens is 1. The van der Waals surface area contributed by atoms with Crippen molar-refractivity contribution in [3.05, 3.63) is 15.6 Å². The third kappa shape index (κ3) is 3.23. The molecule has 2 heterocycles. The van der Waals surface area contributed by atoms with Crippen molar-refractivity contribution in [1.29, 1.82) is 0 Å². The van der Waals surface area contributed by atoms with E-state index < -0.39 is 5.60 Å². The van der Waals surface area contributed by atoms with E-state index in [1.807, 2.05) is 13.8 Å². The number of aliphatic hydroxyl groups is 1. The second kappa shape index (κ2) is 5.39. The van der Waals surface area contributed by atoms with Crippen molar-refractivity contribution in [2.75, 3.05) is 13.1 Å². The molecule has 3 rings (SSSR count). The smallest absolute Gasteiger partial charge is 0.107 e. The molecule has 2 fully saturated rings. The molecule has 0 amide bonds. The number of nitrogens with zero attached hydrogens (tertiary/aromatic N) is 2. The summed E-state index contributed by atoms with van der Waals surface area (Å²) in [4.78, 5) is 8.50. The van der Waals surface area contributed by atoms with E-state index in [1.165, 1.54) is 49.5 Å². The summed E-state index contributed by atoms with van der Waals surface area (Å²) in [6, 6.07) is 0. The summed E-state index contributed by atoms with van der Waals surface area (Å²) >= 11 is 1.73. The highest BCUT2D eigenvalue weighted by Gasteiger charge is 2.34. The molecular formula is C16H26N2OS. The lowest BCUT2D eigenvalue weighted by molar-refractivity contribution is 0.0813. The fourth-order valence-electron chi connectivity index (χ4n) is 3.14. The van der Waals surface area contributed by atoms with Crippen molar-refractivity contribution in [2.24, 2.45) is 5.92 Å². The van der Waals surface area contributed by atoms with Gasteiger partial charge in [-0.2, -0.15) is 0 Å². The topological polar surface area (TPSA) is 36.4 Å². The highest BCUT2D eigenvalue weighted by atomic mass is 32.1. The Hall–Kier alpha value is -0.450. The molecule has 1 atom stereocenters. The number of rotatable bonds is 4. The summed E-state index contributed by atoms with van der Waals surface area (Å²) in [6.45, 7) is 9.46. The van der Waals surface area contributed by atoms with Crippen LogP contribution >= 0.6 is 11.3 Å². The average molecular weight is 294 g/mol. The number of hydrogen-bond donors (Lipinski definition) is 1. The van der Waals surface area contributed by atoms with Crippen LogP contribution in [0, 0.1) is 5.92 Å². The summed E-state index contributed by atoms with van der Waals surface area (Å²) < 4.78 is 0. The maximum atomic E-state index is 10.4. The molecule has 112 valence electrons. The minimum Gasteiger partial charge on any atom is -0.385 e. The van der Waals surface area contributed by atoms with E-state index in [9.17, 15) is 5.11 Å². The number of piperidine rings is 1. The van der Waals surface area contributed by atoms with Crippen LogP contribution in [0.5, 0.6) is 0 Å². The molecule has 1 unspecified atom stereocenters. The summed E-state index contributed by atoms with van der Waals surface area (Å²) in [5.41, 5.74) is 0.436. The van der Waals surface area contributed by atoms with Crippen molar-refractivity contribution >= 4 is 11.3 Å². The Morgan fingerprint density at radius 1 is 1.35 bits per heavy atom. The Morgan fingerprint density at radius 2 is 2.10 bits per heavy atom. The molecule has 1 saturated carbocycles. The largest absolute Gasteiger partial charge is 0.385 e. The monoisotopic (exact) mass is 294 g/mol. The molecule has 0 radical (unpaired) electrons. The summed E-state index contributed by atoms with van der Waals surface area (Å²) in [5.74, 6) is 1.42.